The minimum atomic E-state index is -4.13. The molecule has 1 N–H and O–H groups in total. The molecule has 8 heteroatoms. The van der Waals surface area contributed by atoms with Gasteiger partial charge in [-0.25, -0.2) is 17.2 Å². The van der Waals surface area contributed by atoms with Crippen molar-refractivity contribution in [1.29, 1.82) is 0 Å². The van der Waals surface area contributed by atoms with Crippen molar-refractivity contribution in [3.05, 3.63) is 29.8 Å². The average Bonchev–Trinajstić information content (AvgIpc) is 2.75. The van der Waals surface area contributed by atoms with Gasteiger partial charge in [0.05, 0.1) is 0 Å². The number of carbonyl (C=O) groups is 1. The first-order chi connectivity index (χ1) is 14.5. The van der Waals surface area contributed by atoms with Crippen LogP contribution in [0.1, 0.15) is 65.7 Å². The van der Waals surface area contributed by atoms with E-state index in [0.717, 1.165) is 48.5 Å². The van der Waals surface area contributed by atoms with Gasteiger partial charge in [0.1, 0.15) is 16.5 Å². The van der Waals surface area contributed by atoms with Crippen LogP contribution in [0.3, 0.4) is 0 Å². The summed E-state index contributed by atoms with van der Waals surface area (Å²) < 4.78 is 54.0. The number of piperidine rings is 1. The number of amides is 1. The lowest BCUT2D eigenvalue weighted by Gasteiger charge is -2.39. The van der Waals surface area contributed by atoms with Gasteiger partial charge >= 0.3 is 0 Å². The topological polar surface area (TPSA) is 66.5 Å². The second kappa shape index (κ2) is 9.53. The molecule has 0 spiro atoms. The van der Waals surface area contributed by atoms with Crippen molar-refractivity contribution in [2.45, 2.75) is 76.7 Å². The van der Waals surface area contributed by atoms with E-state index in [-0.39, 0.29) is 31.0 Å². The molecule has 1 heterocycles. The fourth-order valence-electron chi connectivity index (χ4n) is 4.80. The molecular formula is C23H34F2N2O3S. The number of sulfonamides is 1. The molecule has 0 radical (unpaired) electrons. The molecule has 5 nitrogen and oxygen atoms in total. The molecule has 0 atom stereocenters. The molecular weight excluding hydrogens is 422 g/mol. The van der Waals surface area contributed by atoms with Crippen molar-refractivity contribution in [2.75, 3.05) is 13.1 Å². The summed E-state index contributed by atoms with van der Waals surface area (Å²) in [5, 5.41) is 3.16. The summed E-state index contributed by atoms with van der Waals surface area (Å²) in [6.45, 7) is 7.09. The van der Waals surface area contributed by atoms with E-state index in [1.165, 1.54) is 0 Å². The molecule has 3 rings (SSSR count). The van der Waals surface area contributed by atoms with Crippen LogP contribution >= 0.6 is 0 Å². The molecule has 2 fully saturated rings. The Morgan fingerprint density at radius 2 is 1.71 bits per heavy atom. The standard InChI is InChI=1S/C23H34F2N2O3S/c1-4-23(2,3)17-5-8-19(9-6-17)26-22(28)16-11-13-27(14-12-16)31(29,30)21-15-18(24)7-10-20(21)25/h7,10,15-17,19H,4-6,8-9,11-14H2,1-3H3,(H,26,28). The van der Waals surface area contributed by atoms with E-state index >= 15 is 0 Å². The van der Waals surface area contributed by atoms with Gasteiger partial charge in [0.2, 0.25) is 15.9 Å². The summed E-state index contributed by atoms with van der Waals surface area (Å²) in [5.74, 6) is -1.36. The molecule has 0 aromatic heterocycles. The SMILES string of the molecule is CCC(C)(C)C1CCC(NC(=O)C2CCN(S(=O)(=O)c3cc(F)ccc3F)CC2)CC1. The lowest BCUT2D eigenvalue weighted by atomic mass is 9.69. The van der Waals surface area contributed by atoms with Gasteiger partial charge in [0, 0.05) is 25.0 Å². The number of nitrogens with one attached hydrogen (secondary N) is 1. The van der Waals surface area contributed by atoms with Gasteiger partial charge in [-0.3, -0.25) is 4.79 Å². The number of hydrogen-bond donors (Lipinski definition) is 1. The number of hydrogen-bond acceptors (Lipinski definition) is 3. The molecule has 1 amide bonds. The van der Waals surface area contributed by atoms with E-state index in [0.29, 0.717) is 30.2 Å². The summed E-state index contributed by atoms with van der Waals surface area (Å²) in [6, 6.07) is 2.60. The van der Waals surface area contributed by atoms with E-state index in [2.05, 4.69) is 26.1 Å². The van der Waals surface area contributed by atoms with Gasteiger partial charge in [-0.05, 0) is 68.1 Å². The Balaban J connectivity index is 1.52. The maximum Gasteiger partial charge on any atom is 0.246 e. The Morgan fingerprint density at radius 1 is 1.10 bits per heavy atom. The molecule has 0 unspecified atom stereocenters. The Hall–Kier alpha value is -1.54. The van der Waals surface area contributed by atoms with Crippen LogP contribution in [0.4, 0.5) is 8.78 Å². The van der Waals surface area contributed by atoms with Crippen molar-refractivity contribution in [3.8, 4) is 0 Å². The summed E-state index contributed by atoms with van der Waals surface area (Å²) in [5.41, 5.74) is 0.328. The van der Waals surface area contributed by atoms with E-state index in [9.17, 15) is 22.0 Å². The molecule has 1 aliphatic carbocycles. The van der Waals surface area contributed by atoms with Gasteiger partial charge in [0.15, 0.2) is 0 Å². The molecule has 1 aromatic carbocycles. The van der Waals surface area contributed by atoms with Crippen LogP contribution in [0, 0.1) is 28.9 Å². The lowest BCUT2D eigenvalue weighted by Crippen LogP contribution is -2.46. The van der Waals surface area contributed by atoms with Gasteiger partial charge in [0.25, 0.3) is 0 Å². The predicted molar refractivity (Wildman–Crippen MR) is 116 cm³/mol. The maximum absolute atomic E-state index is 14.0. The third-order valence-corrected chi connectivity index (χ3v) is 9.34. The van der Waals surface area contributed by atoms with Gasteiger partial charge in [-0.15, -0.1) is 0 Å². The molecule has 1 aliphatic heterocycles. The number of carbonyl (C=O) groups excluding carboxylic acids is 1. The van der Waals surface area contributed by atoms with Gasteiger partial charge < -0.3 is 5.32 Å². The zero-order valence-electron chi connectivity index (χ0n) is 18.7. The van der Waals surface area contributed by atoms with Crippen molar-refractivity contribution < 1.29 is 22.0 Å². The monoisotopic (exact) mass is 456 g/mol. The minimum absolute atomic E-state index is 0.0211. The molecule has 174 valence electrons. The quantitative estimate of drug-likeness (QED) is 0.687. The Kier molecular flexibility index (Phi) is 7.41. The maximum atomic E-state index is 14.0. The summed E-state index contributed by atoms with van der Waals surface area (Å²) >= 11 is 0. The minimum Gasteiger partial charge on any atom is -0.353 e. The van der Waals surface area contributed by atoms with Crippen molar-refractivity contribution in [3.63, 3.8) is 0 Å². The summed E-state index contributed by atoms with van der Waals surface area (Å²) in [6.07, 6.45) is 6.08. The van der Waals surface area contributed by atoms with E-state index < -0.39 is 26.6 Å². The molecule has 0 bridgehead atoms. The zero-order valence-corrected chi connectivity index (χ0v) is 19.5. The number of nitrogens with zero attached hydrogens (tertiary/aromatic N) is 1. The van der Waals surface area contributed by atoms with Crippen LogP contribution in [-0.4, -0.2) is 37.8 Å². The van der Waals surface area contributed by atoms with Crippen LogP contribution in [-0.2, 0) is 14.8 Å². The molecule has 1 saturated carbocycles. The van der Waals surface area contributed by atoms with Crippen LogP contribution in [0.25, 0.3) is 0 Å². The second-order valence-electron chi connectivity index (χ2n) is 9.65. The highest BCUT2D eigenvalue weighted by Gasteiger charge is 2.36. The van der Waals surface area contributed by atoms with Crippen molar-refractivity contribution in [2.24, 2.45) is 17.3 Å². The summed E-state index contributed by atoms with van der Waals surface area (Å²) in [4.78, 5) is 12.1. The molecule has 1 aromatic rings. The molecule has 31 heavy (non-hydrogen) atoms. The number of halogens is 2. The van der Waals surface area contributed by atoms with Crippen LogP contribution in [0.2, 0.25) is 0 Å². The van der Waals surface area contributed by atoms with Gasteiger partial charge in [-0.2, -0.15) is 4.31 Å². The Morgan fingerprint density at radius 3 is 2.29 bits per heavy atom. The zero-order chi connectivity index (χ0) is 22.8. The highest BCUT2D eigenvalue weighted by atomic mass is 32.2. The molecule has 1 saturated heterocycles. The lowest BCUT2D eigenvalue weighted by molar-refractivity contribution is -0.127. The smallest absolute Gasteiger partial charge is 0.246 e. The fourth-order valence-corrected chi connectivity index (χ4v) is 6.34. The highest BCUT2D eigenvalue weighted by Crippen LogP contribution is 2.40. The predicted octanol–water partition coefficient (Wildman–Crippen LogP) is 4.48. The second-order valence-corrected chi connectivity index (χ2v) is 11.6. The number of benzene rings is 1. The highest BCUT2D eigenvalue weighted by molar-refractivity contribution is 7.89. The first kappa shape index (κ1) is 24.1. The van der Waals surface area contributed by atoms with Crippen molar-refractivity contribution >= 4 is 15.9 Å². The third-order valence-electron chi connectivity index (χ3n) is 7.43. The van der Waals surface area contributed by atoms with Crippen molar-refractivity contribution in [1.82, 2.24) is 9.62 Å². The Labute approximate surface area is 184 Å². The van der Waals surface area contributed by atoms with E-state index in [1.54, 1.807) is 0 Å². The van der Waals surface area contributed by atoms with Crippen LogP contribution in [0.5, 0.6) is 0 Å². The van der Waals surface area contributed by atoms with E-state index in [4.69, 9.17) is 0 Å². The average molecular weight is 457 g/mol. The summed E-state index contributed by atoms with van der Waals surface area (Å²) in [7, 11) is -4.13. The largest absolute Gasteiger partial charge is 0.353 e. The first-order valence-corrected chi connectivity index (χ1v) is 12.7. The van der Waals surface area contributed by atoms with E-state index in [1.807, 2.05) is 0 Å². The fraction of sp³-hybridized carbons (Fsp3) is 0.696. The molecule has 2 aliphatic rings. The van der Waals surface area contributed by atoms with Gasteiger partial charge in [-0.1, -0.05) is 27.2 Å². The third kappa shape index (κ3) is 5.45. The van der Waals surface area contributed by atoms with Crippen LogP contribution in [0.15, 0.2) is 23.1 Å². The number of rotatable bonds is 6. The first-order valence-electron chi connectivity index (χ1n) is 11.3. The Bertz CT molecular complexity index is 888. The normalized spacial score (nSPS) is 24.2. The van der Waals surface area contributed by atoms with Crippen LogP contribution < -0.4 is 5.32 Å².